The van der Waals surface area contributed by atoms with E-state index in [9.17, 15) is 15.0 Å². The van der Waals surface area contributed by atoms with Crippen LogP contribution in [-0.2, 0) is 0 Å². The van der Waals surface area contributed by atoms with Gasteiger partial charge in [0.1, 0.15) is 5.75 Å². The molecule has 1 aromatic rings. The number of rotatable bonds is 3. The second kappa shape index (κ2) is 5.75. The largest absolute Gasteiger partial charge is 0.508 e. The number of nitrogens with two attached hydrogens (primary N) is 1. The molecule has 1 aromatic carbocycles. The monoisotopic (exact) mass is 262 g/mol. The summed E-state index contributed by atoms with van der Waals surface area (Å²) in [4.78, 5) is 13.9. The number of carbonyl (C=O) groups excluding carboxylic acids is 1. The molecule has 1 aliphatic heterocycles. The van der Waals surface area contributed by atoms with Gasteiger partial charge in [-0.15, -0.1) is 0 Å². The van der Waals surface area contributed by atoms with Gasteiger partial charge in [-0.3, -0.25) is 4.79 Å². The van der Waals surface area contributed by atoms with Crippen LogP contribution < -0.4 is 5.73 Å². The van der Waals surface area contributed by atoms with E-state index >= 15 is 0 Å². The van der Waals surface area contributed by atoms with Crippen LogP contribution in [0.5, 0.6) is 5.75 Å². The molecule has 19 heavy (non-hydrogen) atoms. The molecule has 0 aromatic heterocycles. The molecule has 1 fully saturated rings. The normalized spacial score (nSPS) is 19.8. The Hall–Kier alpha value is -2.01. The molecule has 1 unspecified atom stereocenters. The van der Waals surface area contributed by atoms with Crippen molar-refractivity contribution in [3.8, 4) is 5.75 Å². The number of aliphatic hydroxyl groups is 1. The lowest BCUT2D eigenvalue weighted by molar-refractivity contribution is 0.0927. The number of β-amino-alcohol motifs (C(OH)–C–C–N with tert-alkyl or cyclic N) is 1. The first-order valence-corrected chi connectivity index (χ1v) is 6.29. The first-order chi connectivity index (χ1) is 9.06. The van der Waals surface area contributed by atoms with Gasteiger partial charge in [0.05, 0.1) is 6.10 Å². The second-order valence-electron chi connectivity index (χ2n) is 4.74. The zero-order valence-corrected chi connectivity index (χ0v) is 10.6. The number of nitrogen functional groups attached to an aromatic ring is 1. The lowest BCUT2D eigenvalue weighted by atomic mass is 10.1. The van der Waals surface area contributed by atoms with Crippen LogP contribution in [0.25, 0.3) is 0 Å². The van der Waals surface area contributed by atoms with Gasteiger partial charge in [-0.05, 0) is 31.0 Å². The van der Waals surface area contributed by atoms with Crippen LogP contribution in [-0.4, -0.2) is 40.1 Å². The number of allylic oxidation sites excluding steroid dienone is 1. The number of benzene rings is 1. The van der Waals surface area contributed by atoms with Crippen LogP contribution in [0.2, 0.25) is 0 Å². The quantitative estimate of drug-likeness (QED) is 0.329. The number of likely N-dealkylation sites (tertiary alicyclic amines) is 1. The highest BCUT2D eigenvalue weighted by Crippen LogP contribution is 2.19. The van der Waals surface area contributed by atoms with Crippen LogP contribution in [0.15, 0.2) is 30.5 Å². The number of carbonyl (C=O) groups is 1. The molecule has 0 amide bonds. The summed E-state index contributed by atoms with van der Waals surface area (Å²) in [5.74, 6) is -0.243. The van der Waals surface area contributed by atoms with Gasteiger partial charge in [0.15, 0.2) is 5.78 Å². The van der Waals surface area contributed by atoms with Crippen LogP contribution in [0.4, 0.5) is 5.69 Å². The fourth-order valence-corrected chi connectivity index (χ4v) is 2.14. The van der Waals surface area contributed by atoms with E-state index in [1.807, 2.05) is 4.90 Å². The highest BCUT2D eigenvalue weighted by molar-refractivity contribution is 6.08. The lowest BCUT2D eigenvalue weighted by Gasteiger charge is -2.28. The molecule has 0 spiro atoms. The molecule has 1 heterocycles. The van der Waals surface area contributed by atoms with E-state index in [-0.39, 0.29) is 23.2 Å². The molecule has 1 saturated heterocycles. The minimum Gasteiger partial charge on any atom is -0.508 e. The van der Waals surface area contributed by atoms with Crippen molar-refractivity contribution < 1.29 is 15.0 Å². The van der Waals surface area contributed by atoms with E-state index in [2.05, 4.69) is 0 Å². The van der Waals surface area contributed by atoms with E-state index in [0.717, 1.165) is 19.4 Å². The van der Waals surface area contributed by atoms with Gasteiger partial charge in [0.2, 0.25) is 0 Å². The van der Waals surface area contributed by atoms with Crippen molar-refractivity contribution in [3.63, 3.8) is 0 Å². The third kappa shape index (κ3) is 3.48. The summed E-state index contributed by atoms with van der Waals surface area (Å²) in [6.45, 7) is 1.37. The molecule has 5 nitrogen and oxygen atoms in total. The number of aliphatic hydroxyl groups excluding tert-OH is 1. The zero-order chi connectivity index (χ0) is 13.8. The fourth-order valence-electron chi connectivity index (χ4n) is 2.14. The average Bonchev–Trinajstić information content (AvgIpc) is 2.39. The Labute approximate surface area is 112 Å². The minimum atomic E-state index is -0.334. The van der Waals surface area contributed by atoms with Gasteiger partial charge in [-0.1, -0.05) is 0 Å². The van der Waals surface area contributed by atoms with Crippen LogP contribution in [0, 0.1) is 0 Å². The fraction of sp³-hybridized carbons (Fsp3) is 0.357. The van der Waals surface area contributed by atoms with Gasteiger partial charge >= 0.3 is 0 Å². The molecule has 102 valence electrons. The predicted octanol–water partition coefficient (Wildman–Crippen LogP) is 1.13. The van der Waals surface area contributed by atoms with Crippen molar-refractivity contribution in [2.75, 3.05) is 18.8 Å². The first kappa shape index (κ1) is 13.4. The Bertz CT molecular complexity index is 499. The van der Waals surface area contributed by atoms with Crippen LogP contribution >= 0.6 is 0 Å². The highest BCUT2D eigenvalue weighted by atomic mass is 16.3. The number of hydrogen-bond donors (Lipinski definition) is 3. The van der Waals surface area contributed by atoms with Gasteiger partial charge in [0, 0.05) is 36.6 Å². The molecule has 1 aliphatic rings. The second-order valence-corrected chi connectivity index (χ2v) is 4.74. The van der Waals surface area contributed by atoms with Crippen molar-refractivity contribution in [2.45, 2.75) is 18.9 Å². The zero-order valence-electron chi connectivity index (χ0n) is 10.6. The molecule has 5 heteroatoms. The van der Waals surface area contributed by atoms with Crippen LogP contribution in [0.3, 0.4) is 0 Å². The molecular weight excluding hydrogens is 244 g/mol. The number of aromatic hydroxyl groups is 1. The van der Waals surface area contributed by atoms with Gasteiger partial charge in [-0.25, -0.2) is 0 Å². The minimum absolute atomic E-state index is 0.0133. The van der Waals surface area contributed by atoms with Crippen molar-refractivity contribution >= 4 is 11.5 Å². The average molecular weight is 262 g/mol. The number of ketones is 1. The number of phenolic OH excluding ortho intramolecular Hbond substituents is 1. The maximum atomic E-state index is 12.0. The van der Waals surface area contributed by atoms with E-state index in [0.29, 0.717) is 12.2 Å². The smallest absolute Gasteiger partial charge is 0.189 e. The SMILES string of the molecule is Nc1ccc(O)cc1C(=O)C=CN1CCCC(O)C1. The molecule has 0 aliphatic carbocycles. The van der Waals surface area contributed by atoms with E-state index in [1.54, 1.807) is 6.20 Å². The third-order valence-electron chi connectivity index (χ3n) is 3.17. The summed E-state index contributed by atoms with van der Waals surface area (Å²) in [6.07, 6.45) is 4.47. The Morgan fingerprint density at radius 3 is 3.00 bits per heavy atom. The lowest BCUT2D eigenvalue weighted by Crippen LogP contribution is -2.34. The highest BCUT2D eigenvalue weighted by Gasteiger charge is 2.15. The number of nitrogens with zero attached hydrogens (tertiary/aromatic N) is 1. The maximum Gasteiger partial charge on any atom is 0.189 e. The van der Waals surface area contributed by atoms with Gasteiger partial charge in [0.25, 0.3) is 0 Å². The summed E-state index contributed by atoms with van der Waals surface area (Å²) >= 11 is 0. The summed E-state index contributed by atoms with van der Waals surface area (Å²) < 4.78 is 0. The molecular formula is C14H18N2O3. The number of piperidine rings is 1. The van der Waals surface area contributed by atoms with Gasteiger partial charge < -0.3 is 20.8 Å². The molecule has 1 atom stereocenters. The van der Waals surface area contributed by atoms with Gasteiger partial charge in [-0.2, -0.15) is 0 Å². The van der Waals surface area contributed by atoms with E-state index < -0.39 is 0 Å². The summed E-state index contributed by atoms with van der Waals surface area (Å²) in [5.41, 5.74) is 6.33. The van der Waals surface area contributed by atoms with Crippen LogP contribution in [0.1, 0.15) is 23.2 Å². The molecule has 0 radical (unpaired) electrons. The van der Waals surface area contributed by atoms with E-state index in [4.69, 9.17) is 5.73 Å². The Kier molecular flexibility index (Phi) is 4.06. The predicted molar refractivity (Wildman–Crippen MR) is 72.8 cm³/mol. The summed E-state index contributed by atoms with van der Waals surface area (Å²) in [6, 6.07) is 4.30. The molecule has 0 bridgehead atoms. The summed E-state index contributed by atoms with van der Waals surface area (Å²) in [7, 11) is 0. The van der Waals surface area contributed by atoms with Crippen molar-refractivity contribution in [1.82, 2.24) is 4.90 Å². The van der Waals surface area contributed by atoms with Crippen molar-refractivity contribution in [1.29, 1.82) is 0 Å². The maximum absolute atomic E-state index is 12.0. The number of hydrogen-bond acceptors (Lipinski definition) is 5. The standard InChI is InChI=1S/C14H18N2O3/c15-13-4-3-10(17)8-12(13)14(19)5-7-16-6-1-2-11(18)9-16/h3-5,7-8,11,17-18H,1-2,6,9,15H2. The Morgan fingerprint density at radius 2 is 2.26 bits per heavy atom. The Balaban J connectivity index is 2.06. The third-order valence-corrected chi connectivity index (χ3v) is 3.17. The first-order valence-electron chi connectivity index (χ1n) is 6.29. The number of anilines is 1. The molecule has 0 saturated carbocycles. The summed E-state index contributed by atoms with van der Waals surface area (Å²) in [5, 5.41) is 18.9. The Morgan fingerprint density at radius 1 is 1.47 bits per heavy atom. The molecule has 4 N–H and O–H groups in total. The van der Waals surface area contributed by atoms with Crippen molar-refractivity contribution in [3.05, 3.63) is 36.0 Å². The van der Waals surface area contributed by atoms with E-state index in [1.165, 1.54) is 24.3 Å². The number of phenols is 1. The molecule has 2 rings (SSSR count). The topological polar surface area (TPSA) is 86.8 Å². The van der Waals surface area contributed by atoms with Crippen molar-refractivity contribution in [2.24, 2.45) is 0 Å².